The zero-order chi connectivity index (χ0) is 15.7. The number of hydrogen-bond acceptors (Lipinski definition) is 5. The summed E-state index contributed by atoms with van der Waals surface area (Å²) in [5, 5.41) is 2.48. The summed E-state index contributed by atoms with van der Waals surface area (Å²) in [6, 6.07) is 3.79. The van der Waals surface area contributed by atoms with Crippen molar-refractivity contribution < 1.29 is 13.2 Å². The molecule has 2 aromatic rings. The van der Waals surface area contributed by atoms with E-state index in [-0.39, 0.29) is 5.91 Å². The lowest BCUT2D eigenvalue weighted by atomic mass is 10.3. The maximum Gasteiger partial charge on any atom is 0.273 e. The molecule has 0 aromatic carbocycles. The lowest BCUT2D eigenvalue weighted by Gasteiger charge is -2.32. The van der Waals surface area contributed by atoms with Crippen molar-refractivity contribution >= 4 is 27.3 Å². The fourth-order valence-corrected chi connectivity index (χ4v) is 3.92. The molecular weight excluding hydrogens is 324 g/mol. The predicted molar refractivity (Wildman–Crippen MR) is 83.8 cm³/mol. The molecule has 2 aromatic heterocycles. The fourth-order valence-electron chi connectivity index (χ4n) is 2.33. The van der Waals surface area contributed by atoms with Crippen LogP contribution in [0.15, 0.2) is 29.9 Å². The molecular formula is C13H16N4O3S2. The molecule has 7 nitrogen and oxygen atoms in total. The standard InChI is InChI=1S/C13H16N4O3S2/c1-22(19,20)17-8-6-15(7-9-17)12(18)11-10-21-13(14-11)16-4-2-3-5-16/h2-5,10H,6-9H2,1H3. The van der Waals surface area contributed by atoms with Gasteiger partial charge in [-0.1, -0.05) is 0 Å². The van der Waals surface area contributed by atoms with Crippen LogP contribution >= 0.6 is 11.3 Å². The maximum atomic E-state index is 12.4. The van der Waals surface area contributed by atoms with Gasteiger partial charge in [-0.25, -0.2) is 13.4 Å². The Labute approximate surface area is 132 Å². The van der Waals surface area contributed by atoms with Crippen LogP contribution in [0.5, 0.6) is 0 Å². The highest BCUT2D eigenvalue weighted by Gasteiger charge is 2.27. The molecule has 0 spiro atoms. The van der Waals surface area contributed by atoms with Gasteiger partial charge in [0.05, 0.1) is 6.26 Å². The number of sulfonamides is 1. The second-order valence-electron chi connectivity index (χ2n) is 5.06. The highest BCUT2D eigenvalue weighted by Crippen LogP contribution is 2.17. The first-order chi connectivity index (χ1) is 10.4. The van der Waals surface area contributed by atoms with Crippen LogP contribution in [0, 0.1) is 0 Å². The number of aromatic nitrogens is 2. The molecule has 3 heterocycles. The van der Waals surface area contributed by atoms with Gasteiger partial charge in [-0.2, -0.15) is 4.31 Å². The van der Waals surface area contributed by atoms with Gasteiger partial charge in [-0.3, -0.25) is 4.79 Å². The van der Waals surface area contributed by atoms with E-state index < -0.39 is 10.0 Å². The van der Waals surface area contributed by atoms with Crippen LogP contribution in [0.2, 0.25) is 0 Å². The van der Waals surface area contributed by atoms with Crippen LogP contribution in [0.1, 0.15) is 10.5 Å². The summed E-state index contributed by atoms with van der Waals surface area (Å²) in [4.78, 5) is 18.4. The van der Waals surface area contributed by atoms with Gasteiger partial charge in [0.15, 0.2) is 5.13 Å². The average molecular weight is 340 g/mol. The van der Waals surface area contributed by atoms with Crippen LogP contribution < -0.4 is 0 Å². The lowest BCUT2D eigenvalue weighted by molar-refractivity contribution is 0.0693. The molecule has 0 bridgehead atoms. The van der Waals surface area contributed by atoms with Crippen molar-refractivity contribution in [2.24, 2.45) is 0 Å². The Hall–Kier alpha value is -1.71. The molecule has 0 saturated carbocycles. The summed E-state index contributed by atoms with van der Waals surface area (Å²) in [6.07, 6.45) is 4.93. The predicted octanol–water partition coefficient (Wildman–Crippen LogP) is 0.651. The molecule has 1 aliphatic heterocycles. The van der Waals surface area contributed by atoms with Crippen LogP contribution in [0.3, 0.4) is 0 Å². The lowest BCUT2D eigenvalue weighted by Crippen LogP contribution is -2.50. The number of hydrogen-bond donors (Lipinski definition) is 0. The van der Waals surface area contributed by atoms with Crippen LogP contribution in [0.4, 0.5) is 0 Å². The molecule has 0 radical (unpaired) electrons. The third-order valence-corrected chi connectivity index (χ3v) is 5.69. The van der Waals surface area contributed by atoms with Crippen molar-refractivity contribution in [2.75, 3.05) is 32.4 Å². The van der Waals surface area contributed by atoms with Crippen LogP contribution in [-0.2, 0) is 10.0 Å². The first-order valence-electron chi connectivity index (χ1n) is 6.78. The summed E-state index contributed by atoms with van der Waals surface area (Å²) in [5.41, 5.74) is 0.404. The third kappa shape index (κ3) is 3.06. The van der Waals surface area contributed by atoms with Crippen LogP contribution in [-0.4, -0.2) is 65.5 Å². The van der Waals surface area contributed by atoms with Crippen molar-refractivity contribution in [1.82, 2.24) is 18.8 Å². The number of rotatable bonds is 3. The Morgan fingerprint density at radius 3 is 2.41 bits per heavy atom. The highest BCUT2D eigenvalue weighted by atomic mass is 32.2. The van der Waals surface area contributed by atoms with Gasteiger partial charge < -0.3 is 9.47 Å². The molecule has 1 saturated heterocycles. The van der Waals surface area contributed by atoms with E-state index in [0.29, 0.717) is 31.9 Å². The van der Waals surface area contributed by atoms with Gasteiger partial charge >= 0.3 is 0 Å². The Bertz CT molecular complexity index is 759. The van der Waals surface area contributed by atoms with E-state index in [0.717, 1.165) is 5.13 Å². The largest absolute Gasteiger partial charge is 0.335 e. The third-order valence-electron chi connectivity index (χ3n) is 3.53. The molecule has 118 valence electrons. The number of carbonyl (C=O) groups is 1. The molecule has 22 heavy (non-hydrogen) atoms. The summed E-state index contributed by atoms with van der Waals surface area (Å²) in [5.74, 6) is -0.150. The second-order valence-corrected chi connectivity index (χ2v) is 7.88. The van der Waals surface area contributed by atoms with E-state index in [2.05, 4.69) is 4.98 Å². The molecule has 0 atom stereocenters. The minimum Gasteiger partial charge on any atom is -0.335 e. The molecule has 3 rings (SSSR count). The Morgan fingerprint density at radius 1 is 1.18 bits per heavy atom. The van der Waals surface area contributed by atoms with Crippen molar-refractivity contribution in [2.45, 2.75) is 0 Å². The normalized spacial score (nSPS) is 16.9. The van der Waals surface area contributed by atoms with Gasteiger partial charge in [0.1, 0.15) is 5.69 Å². The van der Waals surface area contributed by atoms with Gasteiger partial charge in [0.2, 0.25) is 10.0 Å². The number of nitrogens with zero attached hydrogens (tertiary/aromatic N) is 4. The van der Waals surface area contributed by atoms with Gasteiger partial charge in [0, 0.05) is 44.0 Å². The van der Waals surface area contributed by atoms with Crippen LogP contribution in [0.25, 0.3) is 5.13 Å². The van der Waals surface area contributed by atoms with E-state index >= 15 is 0 Å². The molecule has 0 aliphatic carbocycles. The number of thiazole rings is 1. The summed E-state index contributed by atoms with van der Waals surface area (Å²) < 4.78 is 26.2. The highest BCUT2D eigenvalue weighted by molar-refractivity contribution is 7.88. The smallest absolute Gasteiger partial charge is 0.273 e. The molecule has 0 N–H and O–H groups in total. The minimum atomic E-state index is -3.19. The Morgan fingerprint density at radius 2 is 1.82 bits per heavy atom. The average Bonchev–Trinajstić information content (AvgIpc) is 3.16. The van der Waals surface area contributed by atoms with Gasteiger partial charge in [-0.05, 0) is 12.1 Å². The van der Waals surface area contributed by atoms with E-state index in [1.165, 1.54) is 21.9 Å². The van der Waals surface area contributed by atoms with E-state index in [1.54, 1.807) is 10.3 Å². The molecule has 0 unspecified atom stereocenters. The number of piperazine rings is 1. The van der Waals surface area contributed by atoms with Crippen molar-refractivity contribution in [3.63, 3.8) is 0 Å². The fraction of sp³-hybridized carbons (Fsp3) is 0.385. The van der Waals surface area contributed by atoms with Crippen molar-refractivity contribution in [3.05, 3.63) is 35.6 Å². The maximum absolute atomic E-state index is 12.4. The van der Waals surface area contributed by atoms with E-state index in [9.17, 15) is 13.2 Å². The zero-order valence-electron chi connectivity index (χ0n) is 12.0. The molecule has 9 heteroatoms. The molecule has 1 aliphatic rings. The second kappa shape index (κ2) is 5.82. The first-order valence-corrected chi connectivity index (χ1v) is 9.51. The zero-order valence-corrected chi connectivity index (χ0v) is 13.7. The quantitative estimate of drug-likeness (QED) is 0.822. The summed E-state index contributed by atoms with van der Waals surface area (Å²) in [6.45, 7) is 1.45. The number of carbonyl (C=O) groups excluding carboxylic acids is 1. The van der Waals surface area contributed by atoms with E-state index in [4.69, 9.17) is 0 Å². The van der Waals surface area contributed by atoms with Gasteiger partial charge in [0.25, 0.3) is 5.91 Å². The minimum absolute atomic E-state index is 0.150. The monoisotopic (exact) mass is 340 g/mol. The van der Waals surface area contributed by atoms with Crippen molar-refractivity contribution in [1.29, 1.82) is 0 Å². The molecule has 1 fully saturated rings. The number of amides is 1. The topological polar surface area (TPSA) is 75.5 Å². The Kier molecular flexibility index (Phi) is 4.02. The van der Waals surface area contributed by atoms with E-state index in [1.807, 2.05) is 29.1 Å². The molecule has 1 amide bonds. The Balaban J connectivity index is 1.68. The SMILES string of the molecule is CS(=O)(=O)N1CCN(C(=O)c2csc(-n3cccc3)n2)CC1. The van der Waals surface area contributed by atoms with Gasteiger partial charge in [-0.15, -0.1) is 11.3 Å². The first kappa shape index (κ1) is 15.2. The summed E-state index contributed by atoms with van der Waals surface area (Å²) >= 11 is 1.40. The summed E-state index contributed by atoms with van der Waals surface area (Å²) in [7, 11) is -3.19. The van der Waals surface area contributed by atoms with Crippen molar-refractivity contribution in [3.8, 4) is 5.13 Å².